The first-order valence-electron chi connectivity index (χ1n) is 12.2. The number of nitrogens with two attached hydrogens (primary N) is 1. The van der Waals surface area contributed by atoms with Gasteiger partial charge >= 0.3 is 0 Å². The molecule has 4 atom stereocenters. The molecule has 0 spiro atoms. The molecule has 2 aromatic rings. The van der Waals surface area contributed by atoms with E-state index in [1.807, 2.05) is 30.3 Å². The van der Waals surface area contributed by atoms with Crippen LogP contribution < -0.4 is 16.4 Å². The number of imidazole rings is 1. The van der Waals surface area contributed by atoms with E-state index in [4.69, 9.17) is 11.1 Å². The molecule has 2 fully saturated rings. The summed E-state index contributed by atoms with van der Waals surface area (Å²) in [5, 5.41) is 12.9. The van der Waals surface area contributed by atoms with Crippen molar-refractivity contribution in [2.24, 2.45) is 18.7 Å². The SMILES string of the molecule is Cn1ccnc1C(=O)C(CCCNC(=N)N)NC(=O)C1CSC2CCC(Cc3ccccc3)C(=O)N21. The Labute approximate surface area is 214 Å². The third-order valence-electron chi connectivity index (χ3n) is 6.75. The van der Waals surface area contributed by atoms with E-state index in [9.17, 15) is 14.4 Å². The highest BCUT2D eigenvalue weighted by atomic mass is 32.2. The van der Waals surface area contributed by atoms with Crippen molar-refractivity contribution in [2.45, 2.75) is 49.6 Å². The van der Waals surface area contributed by atoms with Gasteiger partial charge in [-0.2, -0.15) is 0 Å². The Morgan fingerprint density at radius 1 is 1.28 bits per heavy atom. The molecule has 2 saturated heterocycles. The number of guanidine groups is 1. The lowest BCUT2D eigenvalue weighted by atomic mass is 9.89. The van der Waals surface area contributed by atoms with Crippen LogP contribution in [-0.4, -0.2) is 67.8 Å². The largest absolute Gasteiger partial charge is 0.370 e. The minimum Gasteiger partial charge on any atom is -0.370 e. The Balaban J connectivity index is 1.45. The van der Waals surface area contributed by atoms with Crippen molar-refractivity contribution < 1.29 is 14.4 Å². The molecule has 0 radical (unpaired) electrons. The molecule has 0 bridgehead atoms. The predicted octanol–water partition coefficient (Wildman–Crippen LogP) is 1.27. The first kappa shape index (κ1) is 25.7. The Kier molecular flexibility index (Phi) is 8.29. The Hall–Kier alpha value is -3.34. The quantitative estimate of drug-likeness (QED) is 0.163. The number of carbonyl (C=O) groups is 3. The van der Waals surface area contributed by atoms with Crippen molar-refractivity contribution in [3.05, 3.63) is 54.1 Å². The van der Waals surface area contributed by atoms with Crippen LogP contribution in [0.5, 0.6) is 0 Å². The zero-order valence-electron chi connectivity index (χ0n) is 20.4. The van der Waals surface area contributed by atoms with Crippen LogP contribution in [0, 0.1) is 11.3 Å². The predicted molar refractivity (Wildman–Crippen MR) is 138 cm³/mol. The highest BCUT2D eigenvalue weighted by molar-refractivity contribution is 8.00. The molecular weight excluding hydrogens is 478 g/mol. The van der Waals surface area contributed by atoms with Gasteiger partial charge in [-0.15, -0.1) is 11.8 Å². The van der Waals surface area contributed by atoms with Crippen molar-refractivity contribution in [1.82, 2.24) is 25.1 Å². The molecule has 10 nitrogen and oxygen atoms in total. The molecule has 36 heavy (non-hydrogen) atoms. The third kappa shape index (κ3) is 5.89. The average Bonchev–Trinajstić information content (AvgIpc) is 3.49. The second kappa shape index (κ2) is 11.6. The molecule has 2 aliphatic rings. The number of hydrogen-bond donors (Lipinski definition) is 4. The van der Waals surface area contributed by atoms with Gasteiger partial charge in [0.1, 0.15) is 6.04 Å². The average molecular weight is 512 g/mol. The van der Waals surface area contributed by atoms with E-state index in [0.29, 0.717) is 31.6 Å². The van der Waals surface area contributed by atoms with E-state index in [-0.39, 0.29) is 40.7 Å². The summed E-state index contributed by atoms with van der Waals surface area (Å²) in [4.78, 5) is 46.0. The zero-order chi connectivity index (χ0) is 25.7. The van der Waals surface area contributed by atoms with Crippen LogP contribution in [0.15, 0.2) is 42.7 Å². The third-order valence-corrected chi connectivity index (χ3v) is 8.10. The summed E-state index contributed by atoms with van der Waals surface area (Å²) in [6, 6.07) is 8.54. The maximum Gasteiger partial charge on any atom is 0.244 e. The normalized spacial score (nSPS) is 22.1. The number of Topliss-reactive ketones (excluding diaryl/α,β-unsaturated/α-hetero) is 1. The first-order valence-corrected chi connectivity index (χ1v) is 13.3. The molecule has 3 heterocycles. The number of carbonyl (C=O) groups excluding carboxylic acids is 3. The van der Waals surface area contributed by atoms with Gasteiger partial charge in [-0.1, -0.05) is 30.3 Å². The van der Waals surface area contributed by atoms with E-state index in [0.717, 1.165) is 18.4 Å². The number of fused-ring (bicyclic) bond motifs is 1. The summed E-state index contributed by atoms with van der Waals surface area (Å²) >= 11 is 1.63. The van der Waals surface area contributed by atoms with Crippen LogP contribution in [0.3, 0.4) is 0 Å². The number of nitrogens with zero attached hydrogens (tertiary/aromatic N) is 3. The van der Waals surface area contributed by atoms with Crippen LogP contribution in [0.25, 0.3) is 0 Å². The van der Waals surface area contributed by atoms with E-state index in [2.05, 4.69) is 15.6 Å². The molecule has 1 aromatic heterocycles. The molecule has 1 aromatic carbocycles. The Bertz CT molecular complexity index is 1110. The van der Waals surface area contributed by atoms with Crippen molar-refractivity contribution in [1.29, 1.82) is 5.41 Å². The fourth-order valence-electron chi connectivity index (χ4n) is 4.87. The van der Waals surface area contributed by atoms with Crippen LogP contribution >= 0.6 is 11.8 Å². The van der Waals surface area contributed by atoms with Crippen molar-refractivity contribution >= 4 is 35.3 Å². The molecule has 4 unspecified atom stereocenters. The zero-order valence-corrected chi connectivity index (χ0v) is 21.2. The van der Waals surface area contributed by atoms with Crippen LogP contribution in [0.2, 0.25) is 0 Å². The standard InChI is InChI=1S/C25H33N7O3S/c1-31-13-12-28-22(31)21(33)18(8-5-11-29-25(26)27)30-23(34)19-15-36-20-10-9-17(24(35)32(19)20)14-16-6-3-2-4-7-16/h2-4,6-7,12-13,17-20H,5,8-11,14-15H2,1H3,(H,30,34)(H4,26,27,29). The second-order valence-corrected chi connectivity index (χ2v) is 10.5. The molecule has 0 aliphatic carbocycles. The number of nitrogens with one attached hydrogen (secondary N) is 3. The molecule has 0 saturated carbocycles. The smallest absolute Gasteiger partial charge is 0.244 e. The minimum atomic E-state index is -0.795. The van der Waals surface area contributed by atoms with Gasteiger partial charge in [0.25, 0.3) is 0 Å². The Morgan fingerprint density at radius 3 is 2.75 bits per heavy atom. The van der Waals surface area contributed by atoms with E-state index in [1.165, 1.54) is 0 Å². The van der Waals surface area contributed by atoms with Gasteiger partial charge < -0.3 is 25.8 Å². The molecule has 2 amide bonds. The van der Waals surface area contributed by atoms with Crippen LogP contribution in [-0.2, 0) is 23.1 Å². The molecule has 4 rings (SSSR count). The molecular formula is C25H33N7O3S. The molecule has 2 aliphatic heterocycles. The number of rotatable bonds is 10. The second-order valence-electron chi connectivity index (χ2n) is 9.28. The number of amides is 2. The summed E-state index contributed by atoms with van der Waals surface area (Å²) in [7, 11) is 1.73. The van der Waals surface area contributed by atoms with Gasteiger partial charge in [-0.3, -0.25) is 19.8 Å². The lowest BCUT2D eigenvalue weighted by molar-refractivity contribution is -0.146. The highest BCUT2D eigenvalue weighted by Crippen LogP contribution is 2.39. The van der Waals surface area contributed by atoms with Gasteiger partial charge in [-0.25, -0.2) is 4.98 Å². The van der Waals surface area contributed by atoms with E-state index >= 15 is 0 Å². The van der Waals surface area contributed by atoms with E-state index < -0.39 is 12.1 Å². The van der Waals surface area contributed by atoms with Crippen molar-refractivity contribution in [3.8, 4) is 0 Å². The van der Waals surface area contributed by atoms with Crippen molar-refractivity contribution in [3.63, 3.8) is 0 Å². The molecule has 5 N–H and O–H groups in total. The molecule has 11 heteroatoms. The number of piperidine rings is 1. The minimum absolute atomic E-state index is 0.0104. The van der Waals surface area contributed by atoms with Gasteiger partial charge in [0.05, 0.1) is 11.4 Å². The maximum absolute atomic E-state index is 13.5. The number of aromatic nitrogens is 2. The summed E-state index contributed by atoms with van der Waals surface area (Å²) in [5.41, 5.74) is 6.46. The number of aryl methyl sites for hydroxylation is 1. The van der Waals surface area contributed by atoms with Gasteiger partial charge in [-0.05, 0) is 37.7 Å². The first-order chi connectivity index (χ1) is 17.3. The number of hydrogen-bond acceptors (Lipinski definition) is 6. The monoisotopic (exact) mass is 511 g/mol. The lowest BCUT2D eigenvalue weighted by Crippen LogP contribution is -2.56. The fourth-order valence-corrected chi connectivity index (χ4v) is 6.30. The fraction of sp³-hybridized carbons (Fsp3) is 0.480. The van der Waals surface area contributed by atoms with Gasteiger partial charge in [0.2, 0.25) is 17.6 Å². The Morgan fingerprint density at radius 2 is 2.06 bits per heavy atom. The van der Waals surface area contributed by atoms with Crippen LogP contribution in [0.4, 0.5) is 0 Å². The number of benzene rings is 1. The summed E-state index contributed by atoms with van der Waals surface area (Å²) in [5.74, 6) is -0.115. The van der Waals surface area contributed by atoms with Gasteiger partial charge in [0.15, 0.2) is 11.8 Å². The van der Waals surface area contributed by atoms with E-state index in [1.54, 1.807) is 40.7 Å². The highest BCUT2D eigenvalue weighted by Gasteiger charge is 2.47. The summed E-state index contributed by atoms with van der Waals surface area (Å²) in [6.45, 7) is 0.405. The summed E-state index contributed by atoms with van der Waals surface area (Å²) in [6.07, 6.45) is 6.41. The summed E-state index contributed by atoms with van der Waals surface area (Å²) < 4.78 is 1.62. The topological polar surface area (TPSA) is 146 Å². The molecule has 192 valence electrons. The lowest BCUT2D eigenvalue weighted by Gasteiger charge is -2.37. The van der Waals surface area contributed by atoms with Crippen LogP contribution in [0.1, 0.15) is 41.9 Å². The number of thioether (sulfide) groups is 1. The maximum atomic E-state index is 13.5. The number of ketones is 1. The van der Waals surface area contributed by atoms with Gasteiger partial charge in [0, 0.05) is 37.7 Å². The van der Waals surface area contributed by atoms with Crippen molar-refractivity contribution in [2.75, 3.05) is 12.3 Å².